The number of ether oxygens (including phenoxy) is 1. The van der Waals surface area contributed by atoms with E-state index in [2.05, 4.69) is 34.2 Å². The molecule has 3 heterocycles. The maximum atomic E-state index is 10.1. The molecule has 141 valence electrons. The Kier molecular flexibility index (Phi) is 6.14. The van der Waals surface area contributed by atoms with Crippen LogP contribution in [0.3, 0.4) is 0 Å². The van der Waals surface area contributed by atoms with Gasteiger partial charge in [-0.05, 0) is 24.3 Å². The van der Waals surface area contributed by atoms with E-state index in [9.17, 15) is 4.79 Å². The van der Waals surface area contributed by atoms with Crippen molar-refractivity contribution in [3.05, 3.63) is 90.4 Å². The van der Waals surface area contributed by atoms with Crippen molar-refractivity contribution in [2.24, 2.45) is 0 Å². The number of fused-ring (bicyclic) bond motifs is 5. The number of carboxylic acids is 1. The van der Waals surface area contributed by atoms with Crippen molar-refractivity contribution in [2.45, 2.75) is 6.61 Å². The minimum Gasteiger partial charge on any atom is -0.506 e. The molecule has 0 spiro atoms. The Morgan fingerprint density at radius 1 is 1.00 bits per heavy atom. The summed E-state index contributed by atoms with van der Waals surface area (Å²) in [6, 6.07) is 22.3. The minimum atomic E-state index is -0.990. The van der Waals surface area contributed by atoms with Crippen LogP contribution in [0.2, 0.25) is 0 Å². The van der Waals surface area contributed by atoms with Gasteiger partial charge >= 0.3 is 5.97 Å². The molecule has 6 heteroatoms. The van der Waals surface area contributed by atoms with Crippen molar-refractivity contribution in [1.29, 1.82) is 0 Å². The third kappa shape index (κ3) is 3.93. The number of carbonyl (C=O) groups is 1. The number of aromatic nitrogens is 2. The van der Waals surface area contributed by atoms with E-state index < -0.39 is 5.97 Å². The zero-order chi connectivity index (χ0) is 18.6. The van der Waals surface area contributed by atoms with Crippen LogP contribution < -0.4 is 4.74 Å². The Morgan fingerprint density at radius 3 is 2.54 bits per heavy atom. The average Bonchev–Trinajstić information content (AvgIpc) is 2.74. The molecule has 0 saturated heterocycles. The van der Waals surface area contributed by atoms with E-state index >= 15 is 0 Å². The number of aromatic carboxylic acids is 1. The summed E-state index contributed by atoms with van der Waals surface area (Å²) in [7, 11) is 0. The van der Waals surface area contributed by atoms with Gasteiger partial charge in [0.15, 0.2) is 0 Å². The molecule has 0 fully saturated rings. The maximum absolute atomic E-state index is 10.1. The molecule has 28 heavy (non-hydrogen) atoms. The van der Waals surface area contributed by atoms with Gasteiger partial charge in [-0.1, -0.05) is 46.7 Å². The fourth-order valence-corrected chi connectivity index (χ4v) is 2.96. The monoisotopic (exact) mass is 548 g/mol. The Hall–Kier alpha value is -3.08. The molecular formula is C22H15IrN2O3-. The Labute approximate surface area is 175 Å². The fraction of sp³-hybridized carbons (Fsp3) is 0.0455. The van der Waals surface area contributed by atoms with Gasteiger partial charge in [-0.3, -0.25) is 0 Å². The maximum Gasteiger partial charge on any atom is 0.354 e. The first-order valence-corrected chi connectivity index (χ1v) is 8.39. The van der Waals surface area contributed by atoms with Gasteiger partial charge in [-0.25, -0.2) is 9.78 Å². The predicted octanol–water partition coefficient (Wildman–Crippen LogP) is 4.37. The molecule has 0 unspecified atom stereocenters. The third-order valence-electron chi connectivity index (χ3n) is 4.22. The van der Waals surface area contributed by atoms with Gasteiger partial charge in [0.25, 0.3) is 0 Å². The molecule has 4 aromatic rings. The van der Waals surface area contributed by atoms with E-state index in [1.54, 1.807) is 18.3 Å². The largest absolute Gasteiger partial charge is 0.506 e. The van der Waals surface area contributed by atoms with Gasteiger partial charge in [0.1, 0.15) is 11.4 Å². The summed E-state index contributed by atoms with van der Waals surface area (Å²) in [6.45, 7) is 0.589. The third-order valence-corrected chi connectivity index (χ3v) is 4.22. The molecule has 1 aliphatic rings. The second kappa shape index (κ2) is 8.74. The van der Waals surface area contributed by atoms with E-state index in [1.165, 1.54) is 28.6 Å². The SMILES string of the molecule is O=C(O)c1ccccn1.[Ir].[c-]1cc2ccccc2c2c1-c1ncccc1OC2. The molecule has 1 radical (unpaired) electrons. The molecule has 0 aliphatic carbocycles. The van der Waals surface area contributed by atoms with Gasteiger partial charge < -0.3 is 14.8 Å². The van der Waals surface area contributed by atoms with Crippen LogP contribution in [0.4, 0.5) is 0 Å². The summed E-state index contributed by atoms with van der Waals surface area (Å²) >= 11 is 0. The number of benzene rings is 2. The van der Waals surface area contributed by atoms with Crippen molar-refractivity contribution in [3.63, 3.8) is 0 Å². The van der Waals surface area contributed by atoms with Crippen molar-refractivity contribution >= 4 is 16.7 Å². The van der Waals surface area contributed by atoms with Crippen molar-refractivity contribution in [3.8, 4) is 17.0 Å². The number of hydrogen-bond donors (Lipinski definition) is 1. The number of carboxylic acid groups (broad SMARTS) is 1. The minimum absolute atomic E-state index is 0. The van der Waals surface area contributed by atoms with Gasteiger partial charge in [0.2, 0.25) is 0 Å². The number of nitrogens with zero attached hydrogens (tertiary/aromatic N) is 2. The van der Waals surface area contributed by atoms with Crippen molar-refractivity contribution in [2.75, 3.05) is 0 Å². The molecule has 1 N–H and O–H groups in total. The topological polar surface area (TPSA) is 72.3 Å². The van der Waals surface area contributed by atoms with Gasteiger partial charge in [-0.2, -0.15) is 0 Å². The van der Waals surface area contributed by atoms with Crippen LogP contribution in [0.25, 0.3) is 22.0 Å². The van der Waals surface area contributed by atoms with Crippen LogP contribution in [-0.4, -0.2) is 21.0 Å². The molecule has 0 amide bonds. The van der Waals surface area contributed by atoms with Gasteiger partial charge in [0, 0.05) is 38.2 Å². The predicted molar refractivity (Wildman–Crippen MR) is 102 cm³/mol. The first kappa shape index (κ1) is 19.7. The quantitative estimate of drug-likeness (QED) is 0.359. The molecule has 5 nitrogen and oxygen atoms in total. The Morgan fingerprint density at radius 2 is 1.79 bits per heavy atom. The van der Waals surface area contributed by atoms with Crippen LogP contribution in [-0.2, 0) is 26.7 Å². The summed E-state index contributed by atoms with van der Waals surface area (Å²) in [4.78, 5) is 18.1. The van der Waals surface area contributed by atoms with Crippen LogP contribution in [0.5, 0.6) is 5.75 Å². The van der Waals surface area contributed by atoms with Crippen molar-refractivity contribution < 1.29 is 34.7 Å². The smallest absolute Gasteiger partial charge is 0.354 e. The molecule has 5 rings (SSSR count). The summed E-state index contributed by atoms with van der Waals surface area (Å²) in [5.74, 6) is -0.146. The van der Waals surface area contributed by atoms with Crippen molar-refractivity contribution in [1.82, 2.24) is 9.97 Å². The zero-order valence-electron chi connectivity index (χ0n) is 14.6. The van der Waals surface area contributed by atoms with Gasteiger partial charge in [0.05, 0.1) is 6.61 Å². The number of rotatable bonds is 1. The second-order valence-corrected chi connectivity index (χ2v) is 5.89. The van der Waals surface area contributed by atoms with E-state index in [1.807, 2.05) is 24.3 Å². The van der Waals surface area contributed by atoms with Crippen LogP contribution in [0, 0.1) is 6.07 Å². The summed E-state index contributed by atoms with van der Waals surface area (Å²) in [6.07, 6.45) is 3.24. The Bertz CT molecular complexity index is 1120. The fourth-order valence-electron chi connectivity index (χ4n) is 2.96. The van der Waals surface area contributed by atoms with E-state index in [4.69, 9.17) is 9.84 Å². The molecule has 1 aliphatic heterocycles. The number of hydrogen-bond acceptors (Lipinski definition) is 4. The second-order valence-electron chi connectivity index (χ2n) is 5.89. The van der Waals surface area contributed by atoms with Crippen LogP contribution in [0.1, 0.15) is 16.1 Å². The van der Waals surface area contributed by atoms with E-state index in [0.29, 0.717) is 6.61 Å². The zero-order valence-corrected chi connectivity index (χ0v) is 17.0. The van der Waals surface area contributed by atoms with E-state index in [0.717, 1.165) is 17.0 Å². The standard InChI is InChI=1S/C16H10NO.C6H5NO2.Ir/c1-2-5-12-11(4-1)7-8-13-14(12)10-18-15-6-3-9-17-16(13)15;8-6(9)5-3-1-2-4-7-5;/h1-7,9H,10H2;1-4H,(H,8,9);/q-1;;. The normalized spacial score (nSPS) is 11.0. The average molecular weight is 548 g/mol. The Balaban J connectivity index is 0.000000193. The number of pyridine rings is 2. The molecule has 2 aromatic heterocycles. The summed E-state index contributed by atoms with van der Waals surface area (Å²) in [5.41, 5.74) is 3.22. The molecular weight excluding hydrogens is 532 g/mol. The van der Waals surface area contributed by atoms with Gasteiger partial charge in [-0.15, -0.1) is 17.7 Å². The molecule has 0 saturated carbocycles. The van der Waals surface area contributed by atoms with Crippen LogP contribution in [0.15, 0.2) is 73.1 Å². The summed E-state index contributed by atoms with van der Waals surface area (Å²) < 4.78 is 5.78. The van der Waals surface area contributed by atoms with Crippen LogP contribution >= 0.6 is 0 Å². The molecule has 0 atom stereocenters. The van der Waals surface area contributed by atoms with E-state index in [-0.39, 0.29) is 25.8 Å². The molecule has 0 bridgehead atoms. The first-order valence-electron chi connectivity index (χ1n) is 8.39. The first-order chi connectivity index (χ1) is 13.2. The summed E-state index contributed by atoms with van der Waals surface area (Å²) in [5, 5.41) is 10.7. The molecule has 2 aromatic carbocycles.